The van der Waals surface area contributed by atoms with Crippen LogP contribution in [0.3, 0.4) is 0 Å². The number of halogens is 1. The van der Waals surface area contributed by atoms with Gasteiger partial charge < -0.3 is 10.1 Å². The van der Waals surface area contributed by atoms with Crippen molar-refractivity contribution in [2.75, 3.05) is 11.9 Å². The van der Waals surface area contributed by atoms with Gasteiger partial charge in [-0.2, -0.15) is 0 Å². The van der Waals surface area contributed by atoms with Gasteiger partial charge in [-0.05, 0) is 23.8 Å². The lowest BCUT2D eigenvalue weighted by Crippen LogP contribution is -2.24. The first-order chi connectivity index (χ1) is 8.83. The van der Waals surface area contributed by atoms with Gasteiger partial charge in [0, 0.05) is 12.6 Å². The van der Waals surface area contributed by atoms with Crippen molar-refractivity contribution >= 4 is 17.4 Å². The van der Waals surface area contributed by atoms with Crippen LogP contribution in [0.25, 0.3) is 0 Å². The van der Waals surface area contributed by atoms with E-state index in [1.165, 1.54) is 5.56 Å². The molecule has 0 radical (unpaired) electrons. The standard InChI is InChI=1S/C14H13ClN2O/c15-12-5-3-7-16-14(12)17-9-11-8-10-4-1-2-6-13(10)18-11/h1-7,11H,8-9H2,(H,16,17). The molecule has 0 spiro atoms. The van der Waals surface area contributed by atoms with E-state index in [2.05, 4.69) is 16.4 Å². The van der Waals surface area contributed by atoms with Gasteiger partial charge in [0.25, 0.3) is 0 Å². The zero-order valence-corrected chi connectivity index (χ0v) is 10.5. The van der Waals surface area contributed by atoms with Gasteiger partial charge in [0.15, 0.2) is 0 Å². The number of nitrogens with zero attached hydrogens (tertiary/aromatic N) is 1. The Hall–Kier alpha value is -1.74. The lowest BCUT2D eigenvalue weighted by Gasteiger charge is -2.12. The molecule has 0 saturated heterocycles. The summed E-state index contributed by atoms with van der Waals surface area (Å²) < 4.78 is 5.84. The van der Waals surface area contributed by atoms with E-state index in [4.69, 9.17) is 16.3 Å². The molecule has 0 fully saturated rings. The molecule has 0 amide bonds. The van der Waals surface area contributed by atoms with E-state index in [0.29, 0.717) is 17.4 Å². The number of fused-ring (bicyclic) bond motifs is 1. The second kappa shape index (κ2) is 4.86. The number of para-hydroxylation sites is 1. The van der Waals surface area contributed by atoms with E-state index >= 15 is 0 Å². The zero-order chi connectivity index (χ0) is 12.4. The average molecular weight is 261 g/mol. The Morgan fingerprint density at radius 3 is 3.00 bits per heavy atom. The highest BCUT2D eigenvalue weighted by atomic mass is 35.5. The molecule has 3 nitrogen and oxygen atoms in total. The molecule has 1 aliphatic heterocycles. The predicted octanol–water partition coefficient (Wildman–Crippen LogP) is 3.15. The van der Waals surface area contributed by atoms with Crippen molar-refractivity contribution in [2.45, 2.75) is 12.5 Å². The minimum atomic E-state index is 0.139. The lowest BCUT2D eigenvalue weighted by molar-refractivity contribution is 0.246. The molecule has 0 saturated carbocycles. The van der Waals surface area contributed by atoms with Crippen LogP contribution in [0.4, 0.5) is 5.82 Å². The molecule has 4 heteroatoms. The molecule has 1 aliphatic rings. The molecule has 18 heavy (non-hydrogen) atoms. The van der Waals surface area contributed by atoms with E-state index in [1.54, 1.807) is 6.20 Å². The molecule has 2 aromatic rings. The fourth-order valence-electron chi connectivity index (χ4n) is 2.09. The average Bonchev–Trinajstić information content (AvgIpc) is 2.80. The smallest absolute Gasteiger partial charge is 0.144 e. The third-order valence-electron chi connectivity index (χ3n) is 2.97. The van der Waals surface area contributed by atoms with E-state index in [1.807, 2.05) is 30.3 Å². The molecular weight excluding hydrogens is 248 g/mol. The van der Waals surface area contributed by atoms with Crippen molar-refractivity contribution in [2.24, 2.45) is 0 Å². The van der Waals surface area contributed by atoms with Gasteiger partial charge in [-0.3, -0.25) is 0 Å². The number of nitrogens with one attached hydrogen (secondary N) is 1. The maximum Gasteiger partial charge on any atom is 0.144 e. The Labute approximate surface area is 111 Å². The van der Waals surface area contributed by atoms with Crippen molar-refractivity contribution in [1.82, 2.24) is 4.98 Å². The maximum absolute atomic E-state index is 6.03. The topological polar surface area (TPSA) is 34.2 Å². The quantitative estimate of drug-likeness (QED) is 0.921. The summed E-state index contributed by atoms with van der Waals surface area (Å²) in [6.45, 7) is 0.700. The van der Waals surface area contributed by atoms with Gasteiger partial charge >= 0.3 is 0 Å². The van der Waals surface area contributed by atoms with E-state index in [-0.39, 0.29) is 6.10 Å². The molecule has 1 aromatic carbocycles. The second-order valence-corrected chi connectivity index (χ2v) is 4.67. The SMILES string of the molecule is Clc1cccnc1NCC1Cc2ccccc2O1. The number of hydrogen-bond acceptors (Lipinski definition) is 3. The fraction of sp³-hybridized carbons (Fsp3) is 0.214. The Morgan fingerprint density at radius 2 is 2.17 bits per heavy atom. The summed E-state index contributed by atoms with van der Waals surface area (Å²) in [5.74, 6) is 1.69. The maximum atomic E-state index is 6.03. The van der Waals surface area contributed by atoms with Crippen LogP contribution in [0.15, 0.2) is 42.6 Å². The van der Waals surface area contributed by atoms with E-state index < -0.39 is 0 Å². The summed E-state index contributed by atoms with van der Waals surface area (Å²) >= 11 is 6.03. The van der Waals surface area contributed by atoms with Crippen molar-refractivity contribution in [3.8, 4) is 5.75 Å². The Bertz CT molecular complexity index is 534. The summed E-state index contributed by atoms with van der Waals surface area (Å²) in [6, 6.07) is 11.8. The Kier molecular flexibility index (Phi) is 3.07. The highest BCUT2D eigenvalue weighted by molar-refractivity contribution is 6.32. The highest BCUT2D eigenvalue weighted by Gasteiger charge is 2.22. The third-order valence-corrected chi connectivity index (χ3v) is 3.27. The van der Waals surface area contributed by atoms with E-state index in [0.717, 1.165) is 12.2 Å². The summed E-state index contributed by atoms with van der Waals surface area (Å²) in [6.07, 6.45) is 2.78. The molecule has 1 N–H and O–H groups in total. The zero-order valence-electron chi connectivity index (χ0n) is 9.77. The van der Waals surface area contributed by atoms with Crippen LogP contribution in [-0.2, 0) is 6.42 Å². The fourth-order valence-corrected chi connectivity index (χ4v) is 2.28. The second-order valence-electron chi connectivity index (χ2n) is 4.27. The normalized spacial score (nSPS) is 17.1. The lowest BCUT2D eigenvalue weighted by atomic mass is 10.1. The first kappa shape index (κ1) is 11.4. The first-order valence-corrected chi connectivity index (χ1v) is 6.29. The summed E-state index contributed by atoms with van der Waals surface area (Å²) in [4.78, 5) is 4.19. The predicted molar refractivity (Wildman–Crippen MR) is 72.3 cm³/mol. The number of anilines is 1. The Morgan fingerprint density at radius 1 is 1.28 bits per heavy atom. The van der Waals surface area contributed by atoms with Gasteiger partial charge in [0.1, 0.15) is 17.7 Å². The van der Waals surface area contributed by atoms with Crippen molar-refractivity contribution in [3.05, 3.63) is 53.2 Å². The van der Waals surface area contributed by atoms with Gasteiger partial charge in [0.05, 0.1) is 11.6 Å². The Balaban J connectivity index is 1.62. The first-order valence-electron chi connectivity index (χ1n) is 5.92. The van der Waals surface area contributed by atoms with Crippen LogP contribution < -0.4 is 10.1 Å². The summed E-state index contributed by atoms with van der Waals surface area (Å²) in [7, 11) is 0. The monoisotopic (exact) mass is 260 g/mol. The molecule has 1 unspecified atom stereocenters. The minimum absolute atomic E-state index is 0.139. The van der Waals surface area contributed by atoms with Gasteiger partial charge in [-0.25, -0.2) is 4.98 Å². The molecule has 3 rings (SSSR count). The third kappa shape index (κ3) is 2.27. The minimum Gasteiger partial charge on any atom is -0.488 e. The van der Waals surface area contributed by atoms with Crippen molar-refractivity contribution in [3.63, 3.8) is 0 Å². The summed E-state index contributed by atoms with van der Waals surface area (Å²) in [5, 5.41) is 3.85. The van der Waals surface area contributed by atoms with Crippen LogP contribution in [-0.4, -0.2) is 17.6 Å². The van der Waals surface area contributed by atoms with Crippen LogP contribution in [0.5, 0.6) is 5.75 Å². The molecule has 1 aromatic heterocycles. The van der Waals surface area contributed by atoms with Crippen LogP contribution in [0, 0.1) is 0 Å². The van der Waals surface area contributed by atoms with Crippen molar-refractivity contribution in [1.29, 1.82) is 0 Å². The van der Waals surface area contributed by atoms with Gasteiger partial charge in [-0.15, -0.1) is 0 Å². The number of pyridine rings is 1. The van der Waals surface area contributed by atoms with Crippen LogP contribution in [0.1, 0.15) is 5.56 Å². The summed E-state index contributed by atoms with van der Waals surface area (Å²) in [5.41, 5.74) is 1.26. The number of rotatable bonds is 3. The highest BCUT2D eigenvalue weighted by Crippen LogP contribution is 2.28. The van der Waals surface area contributed by atoms with Gasteiger partial charge in [-0.1, -0.05) is 29.8 Å². The largest absolute Gasteiger partial charge is 0.488 e. The molecule has 2 heterocycles. The molecule has 0 aliphatic carbocycles. The van der Waals surface area contributed by atoms with Crippen LogP contribution >= 0.6 is 11.6 Å². The molecule has 1 atom stereocenters. The van der Waals surface area contributed by atoms with Crippen molar-refractivity contribution < 1.29 is 4.74 Å². The number of benzene rings is 1. The number of hydrogen-bond donors (Lipinski definition) is 1. The van der Waals surface area contributed by atoms with Gasteiger partial charge in [0.2, 0.25) is 0 Å². The van der Waals surface area contributed by atoms with E-state index in [9.17, 15) is 0 Å². The molecular formula is C14H13ClN2O. The van der Waals surface area contributed by atoms with Crippen LogP contribution in [0.2, 0.25) is 5.02 Å². The molecule has 0 bridgehead atoms. The number of aromatic nitrogens is 1. The number of ether oxygens (including phenoxy) is 1. The molecule has 92 valence electrons.